The van der Waals surface area contributed by atoms with Crippen molar-refractivity contribution in [1.29, 1.82) is 0 Å². The summed E-state index contributed by atoms with van der Waals surface area (Å²) < 4.78 is 0. The summed E-state index contributed by atoms with van der Waals surface area (Å²) in [5.74, 6) is 0.0967. The van der Waals surface area contributed by atoms with Crippen LogP contribution in [-0.4, -0.2) is 59.8 Å². The third-order valence-electron chi connectivity index (χ3n) is 3.89. The van der Waals surface area contributed by atoms with Gasteiger partial charge in [0.25, 0.3) is 0 Å². The van der Waals surface area contributed by atoms with Crippen molar-refractivity contribution in [2.75, 3.05) is 19.6 Å². The highest BCUT2D eigenvalue weighted by molar-refractivity contribution is 5.81. The molecule has 5 nitrogen and oxygen atoms in total. The van der Waals surface area contributed by atoms with Crippen LogP contribution in [0, 0.1) is 0 Å². The van der Waals surface area contributed by atoms with Gasteiger partial charge in [0.1, 0.15) is 0 Å². The highest BCUT2D eigenvalue weighted by atomic mass is 16.3. The molecule has 0 spiro atoms. The Kier molecular flexibility index (Phi) is 6.75. The fourth-order valence-corrected chi connectivity index (χ4v) is 2.85. The fraction of sp³-hybridized carbons (Fsp3) is 0.929. The molecule has 1 saturated heterocycles. The molecule has 0 radical (unpaired) electrons. The average molecular weight is 271 g/mol. The molecule has 1 heterocycles. The van der Waals surface area contributed by atoms with Crippen molar-refractivity contribution in [3.8, 4) is 0 Å². The topological polar surface area (TPSA) is 64.6 Å². The maximum absolute atomic E-state index is 12.1. The summed E-state index contributed by atoms with van der Waals surface area (Å²) in [7, 11) is 0. The zero-order chi connectivity index (χ0) is 14.4. The molecule has 1 fully saturated rings. The van der Waals surface area contributed by atoms with Gasteiger partial charge in [-0.25, -0.2) is 0 Å². The van der Waals surface area contributed by atoms with Gasteiger partial charge in [-0.3, -0.25) is 9.69 Å². The zero-order valence-electron chi connectivity index (χ0n) is 12.6. The molecule has 1 rings (SSSR count). The van der Waals surface area contributed by atoms with Crippen molar-refractivity contribution < 1.29 is 9.90 Å². The minimum absolute atomic E-state index is 0.0655. The molecule has 5 heteroatoms. The number of hydrogen-bond acceptors (Lipinski definition) is 4. The lowest BCUT2D eigenvalue weighted by Gasteiger charge is -2.31. The summed E-state index contributed by atoms with van der Waals surface area (Å²) in [6.45, 7) is 9.96. The standard InChI is InChI=1S/C14H29N3O2/c1-10-5-6-11(2)17(10)13(4)14(19)16-8-7-15-9-12(3)18/h10-13,15,18H,5-9H2,1-4H3,(H,16,19). The van der Waals surface area contributed by atoms with Gasteiger partial charge < -0.3 is 15.7 Å². The predicted molar refractivity (Wildman–Crippen MR) is 77.0 cm³/mol. The molecule has 0 saturated carbocycles. The van der Waals surface area contributed by atoms with Crippen molar-refractivity contribution >= 4 is 5.91 Å². The Morgan fingerprint density at radius 2 is 1.84 bits per heavy atom. The second-order valence-corrected chi connectivity index (χ2v) is 5.74. The predicted octanol–water partition coefficient (Wildman–Crippen LogP) is 0.334. The van der Waals surface area contributed by atoms with E-state index in [1.54, 1.807) is 6.92 Å². The number of carbonyl (C=O) groups excluding carboxylic acids is 1. The largest absolute Gasteiger partial charge is 0.392 e. The number of amides is 1. The number of carbonyl (C=O) groups is 1. The molecule has 0 aliphatic carbocycles. The molecule has 4 atom stereocenters. The van der Waals surface area contributed by atoms with E-state index in [4.69, 9.17) is 5.11 Å². The Bertz CT molecular complexity index is 274. The van der Waals surface area contributed by atoms with Gasteiger partial charge in [-0.05, 0) is 40.5 Å². The minimum atomic E-state index is -0.346. The molecule has 1 aliphatic rings. The van der Waals surface area contributed by atoms with E-state index in [0.29, 0.717) is 31.7 Å². The summed E-state index contributed by atoms with van der Waals surface area (Å²) >= 11 is 0. The summed E-state index contributed by atoms with van der Waals surface area (Å²) in [6.07, 6.45) is 2.00. The Morgan fingerprint density at radius 1 is 1.26 bits per heavy atom. The molecule has 112 valence electrons. The Hall–Kier alpha value is -0.650. The lowest BCUT2D eigenvalue weighted by atomic mass is 10.2. The van der Waals surface area contributed by atoms with E-state index in [2.05, 4.69) is 29.4 Å². The van der Waals surface area contributed by atoms with E-state index in [-0.39, 0.29) is 18.1 Å². The SMILES string of the molecule is CC(O)CNCCNC(=O)C(C)N1C(C)CCC1C. The molecule has 0 aromatic heterocycles. The highest BCUT2D eigenvalue weighted by Crippen LogP contribution is 2.25. The van der Waals surface area contributed by atoms with Crippen LogP contribution in [0.3, 0.4) is 0 Å². The maximum atomic E-state index is 12.1. The highest BCUT2D eigenvalue weighted by Gasteiger charge is 2.33. The Morgan fingerprint density at radius 3 is 2.37 bits per heavy atom. The summed E-state index contributed by atoms with van der Waals surface area (Å²) in [5, 5.41) is 15.1. The number of rotatable bonds is 7. The van der Waals surface area contributed by atoms with Crippen molar-refractivity contribution in [1.82, 2.24) is 15.5 Å². The van der Waals surface area contributed by atoms with Crippen LogP contribution >= 0.6 is 0 Å². The van der Waals surface area contributed by atoms with Gasteiger partial charge in [0, 0.05) is 31.7 Å². The first-order chi connectivity index (χ1) is 8.93. The zero-order valence-corrected chi connectivity index (χ0v) is 12.6. The summed E-state index contributed by atoms with van der Waals surface area (Å²) in [5.41, 5.74) is 0. The number of hydrogen-bond donors (Lipinski definition) is 3. The quantitative estimate of drug-likeness (QED) is 0.584. The van der Waals surface area contributed by atoms with E-state index in [0.717, 1.165) is 0 Å². The molecular weight excluding hydrogens is 242 g/mol. The van der Waals surface area contributed by atoms with Crippen molar-refractivity contribution in [3.63, 3.8) is 0 Å². The van der Waals surface area contributed by atoms with Crippen LogP contribution in [0.15, 0.2) is 0 Å². The summed E-state index contributed by atoms with van der Waals surface area (Å²) in [6, 6.07) is 0.914. The van der Waals surface area contributed by atoms with E-state index in [9.17, 15) is 4.79 Å². The number of aliphatic hydroxyl groups is 1. The lowest BCUT2D eigenvalue weighted by Crippen LogP contribution is -2.50. The van der Waals surface area contributed by atoms with Crippen LogP contribution in [-0.2, 0) is 4.79 Å². The second-order valence-electron chi connectivity index (χ2n) is 5.74. The normalized spacial score (nSPS) is 27.2. The van der Waals surface area contributed by atoms with Crippen LogP contribution in [0.2, 0.25) is 0 Å². The first kappa shape index (κ1) is 16.4. The summed E-state index contributed by atoms with van der Waals surface area (Å²) in [4.78, 5) is 14.4. The van der Waals surface area contributed by atoms with Crippen molar-refractivity contribution in [2.45, 2.75) is 64.8 Å². The van der Waals surface area contributed by atoms with E-state index in [1.165, 1.54) is 12.8 Å². The number of nitrogens with zero attached hydrogens (tertiary/aromatic N) is 1. The number of nitrogens with one attached hydrogen (secondary N) is 2. The van der Waals surface area contributed by atoms with E-state index < -0.39 is 0 Å². The third kappa shape index (κ3) is 5.09. The molecular formula is C14H29N3O2. The maximum Gasteiger partial charge on any atom is 0.237 e. The molecule has 1 aliphatic heterocycles. The van der Waals surface area contributed by atoms with E-state index >= 15 is 0 Å². The molecule has 0 bridgehead atoms. The van der Waals surface area contributed by atoms with E-state index in [1.807, 2.05) is 6.92 Å². The lowest BCUT2D eigenvalue weighted by molar-refractivity contribution is -0.126. The smallest absolute Gasteiger partial charge is 0.237 e. The molecule has 0 aromatic carbocycles. The third-order valence-corrected chi connectivity index (χ3v) is 3.89. The Labute approximate surface area is 116 Å². The van der Waals surface area contributed by atoms with Crippen molar-refractivity contribution in [3.05, 3.63) is 0 Å². The van der Waals surface area contributed by atoms with Crippen LogP contribution in [0.25, 0.3) is 0 Å². The van der Waals surface area contributed by atoms with Crippen LogP contribution in [0.5, 0.6) is 0 Å². The molecule has 0 aromatic rings. The van der Waals surface area contributed by atoms with Gasteiger partial charge in [-0.15, -0.1) is 0 Å². The van der Waals surface area contributed by atoms with Gasteiger partial charge in [-0.1, -0.05) is 0 Å². The molecule has 4 unspecified atom stereocenters. The van der Waals surface area contributed by atoms with Crippen LogP contribution in [0.1, 0.15) is 40.5 Å². The average Bonchev–Trinajstić information content (AvgIpc) is 2.67. The van der Waals surface area contributed by atoms with Crippen LogP contribution < -0.4 is 10.6 Å². The Balaban J connectivity index is 2.25. The van der Waals surface area contributed by atoms with Crippen molar-refractivity contribution in [2.24, 2.45) is 0 Å². The van der Waals surface area contributed by atoms with Crippen LogP contribution in [0.4, 0.5) is 0 Å². The van der Waals surface area contributed by atoms with Gasteiger partial charge in [0.15, 0.2) is 0 Å². The number of aliphatic hydroxyl groups excluding tert-OH is 1. The van der Waals surface area contributed by atoms with Gasteiger partial charge in [0.05, 0.1) is 12.1 Å². The fourth-order valence-electron chi connectivity index (χ4n) is 2.85. The second kappa shape index (κ2) is 7.82. The van der Waals surface area contributed by atoms with Gasteiger partial charge >= 0.3 is 0 Å². The monoisotopic (exact) mass is 271 g/mol. The molecule has 3 N–H and O–H groups in total. The van der Waals surface area contributed by atoms with Gasteiger partial charge in [0.2, 0.25) is 5.91 Å². The van der Waals surface area contributed by atoms with Gasteiger partial charge in [-0.2, -0.15) is 0 Å². The molecule has 1 amide bonds. The minimum Gasteiger partial charge on any atom is -0.392 e. The molecule has 19 heavy (non-hydrogen) atoms. The first-order valence-corrected chi connectivity index (χ1v) is 7.37. The first-order valence-electron chi connectivity index (χ1n) is 7.37. The number of likely N-dealkylation sites (tertiary alicyclic amines) is 1.